The number of carbonyl (C=O) groups is 2. The van der Waals surface area contributed by atoms with Gasteiger partial charge in [-0.15, -0.1) is 0 Å². The van der Waals surface area contributed by atoms with Crippen molar-refractivity contribution in [3.8, 4) is 0 Å². The van der Waals surface area contributed by atoms with E-state index < -0.39 is 35.0 Å². The molecule has 1 spiro atoms. The van der Waals surface area contributed by atoms with E-state index in [0.29, 0.717) is 30.7 Å². The van der Waals surface area contributed by atoms with Crippen LogP contribution in [-0.4, -0.2) is 67.8 Å². The molecule has 5 rings (SSSR count). The first kappa shape index (κ1) is 23.3. The molecule has 2 fully saturated rings. The van der Waals surface area contributed by atoms with E-state index in [-0.39, 0.29) is 19.1 Å². The van der Waals surface area contributed by atoms with E-state index in [0.717, 1.165) is 29.1 Å². The van der Waals surface area contributed by atoms with Crippen LogP contribution in [-0.2, 0) is 18.0 Å². The quantitative estimate of drug-likeness (QED) is 0.588. The number of ether oxygens (including phenoxy) is 1. The van der Waals surface area contributed by atoms with E-state index in [1.54, 1.807) is 23.2 Å². The van der Waals surface area contributed by atoms with Crippen molar-refractivity contribution in [2.75, 3.05) is 19.7 Å². The molecule has 0 aromatic carbocycles. The SMILES string of the molecule is Cn1cc(C(=O)N[C@H]2CCCC[C@@]23CN(C(=O)c2cc4cccnc4[nH]2)CCO3)c(C(F)(F)F)n1. The number of aromatic nitrogens is 4. The Morgan fingerprint density at radius 3 is 2.91 bits per heavy atom. The number of pyridine rings is 1. The molecule has 1 saturated heterocycles. The lowest BCUT2D eigenvalue weighted by Crippen LogP contribution is -2.64. The third-order valence-electron chi connectivity index (χ3n) is 6.74. The topological polar surface area (TPSA) is 105 Å². The molecule has 35 heavy (non-hydrogen) atoms. The molecule has 2 N–H and O–H groups in total. The molecule has 2 atom stereocenters. The van der Waals surface area contributed by atoms with Crippen LogP contribution >= 0.6 is 0 Å². The number of carbonyl (C=O) groups excluding carboxylic acids is 2. The van der Waals surface area contributed by atoms with Crippen LogP contribution in [0.15, 0.2) is 30.6 Å². The number of amides is 2. The molecule has 4 heterocycles. The van der Waals surface area contributed by atoms with Gasteiger partial charge in [0.15, 0.2) is 5.69 Å². The van der Waals surface area contributed by atoms with Crippen molar-refractivity contribution in [1.82, 2.24) is 30.0 Å². The van der Waals surface area contributed by atoms with Crippen molar-refractivity contribution in [3.05, 3.63) is 47.5 Å². The molecule has 186 valence electrons. The van der Waals surface area contributed by atoms with Crippen LogP contribution in [0.5, 0.6) is 0 Å². The normalized spacial score (nSPS) is 23.1. The van der Waals surface area contributed by atoms with Crippen molar-refractivity contribution < 1.29 is 27.5 Å². The summed E-state index contributed by atoms with van der Waals surface area (Å²) in [6, 6.07) is 4.84. The molecule has 3 aromatic heterocycles. The summed E-state index contributed by atoms with van der Waals surface area (Å²) in [6.45, 7) is 0.848. The Balaban J connectivity index is 1.37. The minimum Gasteiger partial charge on any atom is -0.369 e. The van der Waals surface area contributed by atoms with Crippen LogP contribution in [0.2, 0.25) is 0 Å². The second kappa shape index (κ2) is 8.67. The lowest BCUT2D eigenvalue weighted by atomic mass is 9.78. The predicted molar refractivity (Wildman–Crippen MR) is 119 cm³/mol. The summed E-state index contributed by atoms with van der Waals surface area (Å²) in [6.07, 6.45) is 0.675. The van der Waals surface area contributed by atoms with Gasteiger partial charge < -0.3 is 19.9 Å². The summed E-state index contributed by atoms with van der Waals surface area (Å²) < 4.78 is 47.3. The Bertz CT molecular complexity index is 1230. The van der Waals surface area contributed by atoms with Gasteiger partial charge in [0.25, 0.3) is 11.8 Å². The minimum atomic E-state index is -4.75. The molecule has 9 nitrogen and oxygen atoms in total. The average molecular weight is 490 g/mol. The minimum absolute atomic E-state index is 0.215. The fourth-order valence-electron chi connectivity index (χ4n) is 5.10. The molecule has 1 saturated carbocycles. The molecule has 3 aromatic rings. The van der Waals surface area contributed by atoms with Gasteiger partial charge in [0.2, 0.25) is 0 Å². The van der Waals surface area contributed by atoms with E-state index in [9.17, 15) is 22.8 Å². The number of hydrogen-bond acceptors (Lipinski definition) is 5. The van der Waals surface area contributed by atoms with Crippen molar-refractivity contribution in [1.29, 1.82) is 0 Å². The highest BCUT2D eigenvalue weighted by molar-refractivity contribution is 5.97. The number of alkyl halides is 3. The lowest BCUT2D eigenvalue weighted by molar-refractivity contribution is -0.142. The first-order valence-electron chi connectivity index (χ1n) is 11.4. The van der Waals surface area contributed by atoms with Gasteiger partial charge in [-0.05, 0) is 31.0 Å². The predicted octanol–water partition coefficient (Wildman–Crippen LogP) is 2.90. The highest BCUT2D eigenvalue weighted by Crippen LogP contribution is 2.36. The molecule has 1 aliphatic carbocycles. The van der Waals surface area contributed by atoms with Gasteiger partial charge in [0, 0.05) is 31.4 Å². The van der Waals surface area contributed by atoms with Gasteiger partial charge in [-0.25, -0.2) is 4.98 Å². The van der Waals surface area contributed by atoms with Gasteiger partial charge in [0.1, 0.15) is 16.9 Å². The van der Waals surface area contributed by atoms with Crippen molar-refractivity contribution in [2.45, 2.75) is 43.5 Å². The maximum Gasteiger partial charge on any atom is 0.435 e. The van der Waals surface area contributed by atoms with E-state index in [2.05, 4.69) is 20.4 Å². The average Bonchev–Trinajstić information content (AvgIpc) is 3.44. The molecule has 12 heteroatoms. The number of nitrogens with one attached hydrogen (secondary N) is 2. The van der Waals surface area contributed by atoms with Gasteiger partial charge in [-0.3, -0.25) is 14.3 Å². The summed E-state index contributed by atoms with van der Waals surface area (Å²) in [4.78, 5) is 35.2. The molecule has 2 amide bonds. The Kier molecular flexibility index (Phi) is 5.78. The highest BCUT2D eigenvalue weighted by atomic mass is 19.4. The maximum atomic E-state index is 13.4. The number of aromatic amines is 1. The first-order chi connectivity index (χ1) is 16.7. The Labute approximate surface area is 198 Å². The third kappa shape index (κ3) is 4.38. The number of fused-ring (bicyclic) bond motifs is 1. The zero-order chi connectivity index (χ0) is 24.8. The standard InChI is InChI=1S/C23H25F3N6O3/c1-31-12-15(18(30-31)23(24,25)26)20(33)29-17-6-2-3-7-22(17)13-32(9-10-35-22)21(34)16-11-14-5-4-8-27-19(14)28-16/h4-5,8,11-12,17H,2-3,6-7,9-10,13H2,1H3,(H,27,28)(H,29,33)/t17-,22+/m0/s1. The van der Waals surface area contributed by atoms with Crippen LogP contribution < -0.4 is 5.32 Å². The van der Waals surface area contributed by atoms with Crippen molar-refractivity contribution in [3.63, 3.8) is 0 Å². The van der Waals surface area contributed by atoms with Gasteiger partial charge in [-0.1, -0.05) is 12.8 Å². The van der Waals surface area contributed by atoms with E-state index in [1.165, 1.54) is 7.05 Å². The van der Waals surface area contributed by atoms with Crippen molar-refractivity contribution in [2.24, 2.45) is 7.05 Å². The second-order valence-electron chi connectivity index (χ2n) is 9.10. The van der Waals surface area contributed by atoms with E-state index in [1.807, 2.05) is 6.07 Å². The van der Waals surface area contributed by atoms with Crippen LogP contribution in [0, 0.1) is 0 Å². The largest absolute Gasteiger partial charge is 0.435 e. The first-order valence-corrected chi connectivity index (χ1v) is 11.4. The number of morpholine rings is 1. The molecule has 0 bridgehead atoms. The highest BCUT2D eigenvalue weighted by Gasteiger charge is 2.48. The summed E-state index contributed by atoms with van der Waals surface area (Å²) in [5, 5.41) is 7.01. The molecular weight excluding hydrogens is 465 g/mol. The number of H-pyrrole nitrogens is 1. The number of nitrogens with zero attached hydrogens (tertiary/aromatic N) is 4. The molecular formula is C23H25F3N6O3. The molecule has 0 unspecified atom stereocenters. The van der Waals surface area contributed by atoms with Crippen LogP contribution in [0.4, 0.5) is 13.2 Å². The lowest BCUT2D eigenvalue weighted by Gasteiger charge is -2.49. The molecule has 2 aliphatic rings. The Morgan fingerprint density at radius 1 is 1.31 bits per heavy atom. The maximum absolute atomic E-state index is 13.4. The number of rotatable bonds is 3. The summed E-state index contributed by atoms with van der Waals surface area (Å²) in [5.74, 6) is -1.07. The Hall–Kier alpha value is -3.41. The number of hydrogen-bond donors (Lipinski definition) is 2. The number of halogens is 3. The zero-order valence-corrected chi connectivity index (χ0v) is 19.1. The van der Waals surface area contributed by atoms with Crippen LogP contribution in [0.3, 0.4) is 0 Å². The molecule has 1 aliphatic heterocycles. The fraction of sp³-hybridized carbons (Fsp3) is 0.478. The second-order valence-corrected chi connectivity index (χ2v) is 9.10. The van der Waals surface area contributed by atoms with Crippen LogP contribution in [0.1, 0.15) is 52.2 Å². The van der Waals surface area contributed by atoms with Gasteiger partial charge in [-0.2, -0.15) is 18.3 Å². The fourth-order valence-corrected chi connectivity index (χ4v) is 5.10. The summed E-state index contributed by atoms with van der Waals surface area (Å²) in [5.41, 5.74) is -1.63. The zero-order valence-electron chi connectivity index (χ0n) is 19.1. The third-order valence-corrected chi connectivity index (χ3v) is 6.74. The van der Waals surface area contributed by atoms with E-state index >= 15 is 0 Å². The smallest absolute Gasteiger partial charge is 0.369 e. The molecule has 0 radical (unpaired) electrons. The van der Waals surface area contributed by atoms with Crippen molar-refractivity contribution >= 4 is 22.8 Å². The summed E-state index contributed by atoms with van der Waals surface area (Å²) in [7, 11) is 1.33. The van der Waals surface area contributed by atoms with E-state index in [4.69, 9.17) is 4.74 Å². The number of aryl methyl sites for hydroxylation is 1. The van der Waals surface area contributed by atoms with Gasteiger partial charge >= 0.3 is 6.18 Å². The monoisotopic (exact) mass is 490 g/mol. The summed E-state index contributed by atoms with van der Waals surface area (Å²) >= 11 is 0. The van der Waals surface area contributed by atoms with Crippen LogP contribution in [0.25, 0.3) is 11.0 Å². The Morgan fingerprint density at radius 2 is 2.14 bits per heavy atom. The van der Waals surface area contributed by atoms with Gasteiger partial charge in [0.05, 0.1) is 24.8 Å².